The van der Waals surface area contributed by atoms with Crippen molar-refractivity contribution in [3.63, 3.8) is 0 Å². The lowest BCUT2D eigenvalue weighted by Crippen LogP contribution is -2.14. The molecule has 2 heterocycles. The van der Waals surface area contributed by atoms with Gasteiger partial charge in [-0.25, -0.2) is 13.4 Å². The lowest BCUT2D eigenvalue weighted by molar-refractivity contribution is 0.192. The van der Waals surface area contributed by atoms with E-state index in [1.54, 1.807) is 73.1 Å². The minimum atomic E-state index is -4.05. The topological polar surface area (TPSA) is 133 Å². The number of benzene rings is 2. The van der Waals surface area contributed by atoms with Crippen molar-refractivity contribution in [3.8, 4) is 34.5 Å². The van der Waals surface area contributed by atoms with Crippen LogP contribution in [0.4, 0.5) is 5.82 Å². The van der Waals surface area contributed by atoms with Crippen LogP contribution >= 0.6 is 0 Å². The molecule has 37 heavy (non-hydrogen) atoms. The number of hydrogen-bond acceptors (Lipinski definition) is 9. The highest BCUT2D eigenvalue weighted by Gasteiger charge is 2.23. The summed E-state index contributed by atoms with van der Waals surface area (Å²) in [5.74, 6) is 0.482. The molecule has 0 spiro atoms. The van der Waals surface area contributed by atoms with Crippen LogP contribution < -0.4 is 18.9 Å². The van der Waals surface area contributed by atoms with Crippen LogP contribution in [0.2, 0.25) is 0 Å². The number of nitrogens with zero attached hydrogens (tertiary/aromatic N) is 3. The molecule has 4 aromatic rings. The van der Waals surface area contributed by atoms with Gasteiger partial charge in [0.05, 0.1) is 19.1 Å². The Kier molecular flexibility index (Phi) is 8.29. The highest BCUT2D eigenvalue weighted by Crippen LogP contribution is 2.41. The van der Waals surface area contributed by atoms with E-state index in [1.807, 2.05) is 6.07 Å². The monoisotopic (exact) mass is 520 g/mol. The number of aromatic nitrogens is 3. The first-order chi connectivity index (χ1) is 18.0. The van der Waals surface area contributed by atoms with E-state index >= 15 is 0 Å². The van der Waals surface area contributed by atoms with Crippen LogP contribution in [-0.4, -0.2) is 48.8 Å². The number of ether oxygens (including phenoxy) is 3. The Balaban J connectivity index is 1.82. The maximum absolute atomic E-state index is 13.0. The zero-order valence-corrected chi connectivity index (χ0v) is 20.6. The van der Waals surface area contributed by atoms with Crippen LogP contribution in [0.15, 0.2) is 84.5 Å². The van der Waals surface area contributed by atoms with E-state index in [1.165, 1.54) is 13.2 Å². The van der Waals surface area contributed by atoms with Crippen molar-refractivity contribution in [3.05, 3.63) is 90.1 Å². The smallest absolute Gasteiger partial charge is 0.263 e. The second-order valence-corrected chi connectivity index (χ2v) is 9.02. The van der Waals surface area contributed by atoms with E-state index in [2.05, 4.69) is 19.7 Å². The van der Waals surface area contributed by atoms with Crippen LogP contribution in [0.25, 0.3) is 17.5 Å². The second kappa shape index (κ2) is 12.0. The number of anilines is 1. The Hall–Kier alpha value is -4.48. The van der Waals surface area contributed by atoms with Crippen LogP contribution in [0.1, 0.15) is 5.56 Å². The largest absolute Gasteiger partial charge is 0.493 e. The summed E-state index contributed by atoms with van der Waals surface area (Å²) in [6, 6.07) is 19.1. The van der Waals surface area contributed by atoms with Crippen molar-refractivity contribution >= 4 is 21.9 Å². The van der Waals surface area contributed by atoms with E-state index in [-0.39, 0.29) is 42.2 Å². The molecule has 0 atom stereocenters. The number of para-hydroxylation sites is 2. The molecule has 0 radical (unpaired) electrons. The number of methoxy groups -OCH3 is 1. The number of nitrogens with one attached hydrogen (secondary N) is 1. The maximum atomic E-state index is 13.0. The van der Waals surface area contributed by atoms with Gasteiger partial charge in [0.1, 0.15) is 6.61 Å². The van der Waals surface area contributed by atoms with Crippen LogP contribution in [0, 0.1) is 0 Å². The number of aliphatic hydroxyl groups excluding tert-OH is 1. The van der Waals surface area contributed by atoms with Gasteiger partial charge in [0.2, 0.25) is 5.75 Å². The normalized spacial score (nSPS) is 11.3. The van der Waals surface area contributed by atoms with Gasteiger partial charge < -0.3 is 19.3 Å². The molecule has 0 saturated carbocycles. The predicted octanol–water partition coefficient (Wildman–Crippen LogP) is 4.12. The van der Waals surface area contributed by atoms with Gasteiger partial charge in [-0.2, -0.15) is 4.98 Å². The average Bonchev–Trinajstić information content (AvgIpc) is 2.93. The standard InChI is InChI=1S/C26H24N4O6S/c1-34-21-9-5-6-10-22(21)36-23-25(30-37(32,33)18-13-19-7-3-2-4-8-19)28-24(20-11-14-27-15-12-20)29-26(23)35-17-16-31/h2-15,18,31H,16-17H2,1H3,(H,28,29,30). The minimum absolute atomic E-state index is 0.0773. The van der Waals surface area contributed by atoms with Gasteiger partial charge in [0.25, 0.3) is 15.9 Å². The third kappa shape index (κ3) is 6.81. The van der Waals surface area contributed by atoms with Crippen molar-refractivity contribution in [2.75, 3.05) is 25.0 Å². The molecule has 2 aromatic heterocycles. The summed E-state index contributed by atoms with van der Waals surface area (Å²) >= 11 is 0. The molecule has 0 aliphatic rings. The Morgan fingerprint density at radius 1 is 0.946 bits per heavy atom. The number of pyridine rings is 1. The van der Waals surface area contributed by atoms with Crippen molar-refractivity contribution in [2.45, 2.75) is 0 Å². The van der Waals surface area contributed by atoms with Gasteiger partial charge >= 0.3 is 0 Å². The number of aliphatic hydroxyl groups is 1. The first-order valence-electron chi connectivity index (χ1n) is 11.1. The summed E-state index contributed by atoms with van der Waals surface area (Å²) in [7, 11) is -2.57. The summed E-state index contributed by atoms with van der Waals surface area (Å²) in [6.07, 6.45) is 4.56. The van der Waals surface area contributed by atoms with Crippen molar-refractivity contribution in [1.29, 1.82) is 0 Å². The van der Waals surface area contributed by atoms with E-state index in [0.717, 1.165) is 5.41 Å². The fraction of sp³-hybridized carbons (Fsp3) is 0.115. The summed E-state index contributed by atoms with van der Waals surface area (Å²) in [5.41, 5.74) is 1.26. The summed E-state index contributed by atoms with van der Waals surface area (Å²) in [4.78, 5) is 12.8. The highest BCUT2D eigenvalue weighted by atomic mass is 32.2. The Bertz CT molecular complexity index is 1470. The molecule has 2 aromatic carbocycles. The zero-order chi connectivity index (χ0) is 26.1. The fourth-order valence-electron chi connectivity index (χ4n) is 3.18. The number of sulfonamides is 1. The molecule has 0 aliphatic carbocycles. The molecule has 0 bridgehead atoms. The van der Waals surface area contributed by atoms with Crippen LogP contribution in [-0.2, 0) is 10.0 Å². The predicted molar refractivity (Wildman–Crippen MR) is 139 cm³/mol. The minimum Gasteiger partial charge on any atom is -0.493 e. The third-order valence-electron chi connectivity index (χ3n) is 4.86. The maximum Gasteiger partial charge on any atom is 0.263 e. The quantitative estimate of drug-likeness (QED) is 0.300. The van der Waals surface area contributed by atoms with Gasteiger partial charge in [0.15, 0.2) is 23.1 Å². The summed E-state index contributed by atoms with van der Waals surface area (Å²) in [6.45, 7) is -0.418. The van der Waals surface area contributed by atoms with E-state index < -0.39 is 10.0 Å². The van der Waals surface area contributed by atoms with Gasteiger partial charge in [-0.05, 0) is 35.9 Å². The molecule has 0 fully saturated rings. The molecule has 190 valence electrons. The van der Waals surface area contributed by atoms with Gasteiger partial charge in [-0.15, -0.1) is 0 Å². The molecular weight excluding hydrogens is 496 g/mol. The Morgan fingerprint density at radius 3 is 2.35 bits per heavy atom. The van der Waals surface area contributed by atoms with Gasteiger partial charge in [0, 0.05) is 18.0 Å². The molecular formula is C26H24N4O6S. The number of hydrogen-bond donors (Lipinski definition) is 2. The third-order valence-corrected chi connectivity index (χ3v) is 5.83. The van der Waals surface area contributed by atoms with Gasteiger partial charge in [-0.3, -0.25) is 9.71 Å². The molecule has 0 unspecified atom stereocenters. The molecule has 4 rings (SSSR count). The SMILES string of the molecule is COc1ccccc1Oc1c(NS(=O)(=O)C=Cc2ccccc2)nc(-c2ccncc2)nc1OCCO. The van der Waals surface area contributed by atoms with Crippen molar-refractivity contribution in [1.82, 2.24) is 15.0 Å². The van der Waals surface area contributed by atoms with Crippen LogP contribution in [0.3, 0.4) is 0 Å². The first kappa shape index (κ1) is 25.6. The lowest BCUT2D eigenvalue weighted by atomic mass is 10.2. The molecule has 2 N–H and O–H groups in total. The van der Waals surface area contributed by atoms with Crippen LogP contribution in [0.5, 0.6) is 23.1 Å². The van der Waals surface area contributed by atoms with E-state index in [0.29, 0.717) is 16.9 Å². The Morgan fingerprint density at radius 2 is 1.65 bits per heavy atom. The lowest BCUT2D eigenvalue weighted by Gasteiger charge is -2.17. The van der Waals surface area contributed by atoms with Crippen molar-refractivity contribution in [2.24, 2.45) is 0 Å². The first-order valence-corrected chi connectivity index (χ1v) is 12.7. The Labute approximate surface area is 214 Å². The molecule has 11 heteroatoms. The second-order valence-electron chi connectivity index (χ2n) is 7.45. The van der Waals surface area contributed by atoms with Crippen molar-refractivity contribution < 1.29 is 27.7 Å². The highest BCUT2D eigenvalue weighted by molar-refractivity contribution is 7.95. The number of rotatable bonds is 11. The van der Waals surface area contributed by atoms with E-state index in [9.17, 15) is 13.5 Å². The molecule has 10 nitrogen and oxygen atoms in total. The fourth-order valence-corrected chi connectivity index (χ4v) is 3.99. The summed E-state index contributed by atoms with van der Waals surface area (Å²) in [5, 5.41) is 10.4. The molecule has 0 saturated heterocycles. The van der Waals surface area contributed by atoms with Gasteiger partial charge in [-0.1, -0.05) is 42.5 Å². The van der Waals surface area contributed by atoms with E-state index in [4.69, 9.17) is 14.2 Å². The average molecular weight is 521 g/mol. The molecule has 0 amide bonds. The molecule has 0 aliphatic heterocycles. The summed E-state index contributed by atoms with van der Waals surface area (Å²) < 4.78 is 45.6. The zero-order valence-electron chi connectivity index (χ0n) is 19.8.